The lowest BCUT2D eigenvalue weighted by Gasteiger charge is -2.10. The minimum atomic E-state index is 0.350. The van der Waals surface area contributed by atoms with E-state index in [2.05, 4.69) is 9.97 Å². The monoisotopic (exact) mass is 336 g/mol. The van der Waals surface area contributed by atoms with Crippen LogP contribution in [-0.4, -0.2) is 9.97 Å². The minimum Gasteiger partial charge on any atom is -0.228 e. The Morgan fingerprint density at radius 3 is 2.33 bits per heavy atom. The first-order valence-corrected chi connectivity index (χ1v) is 7.49. The molecule has 106 valence electrons. The average molecular weight is 338 g/mol. The highest BCUT2D eigenvalue weighted by molar-refractivity contribution is 6.41. The summed E-state index contributed by atoms with van der Waals surface area (Å²) in [7, 11) is 0. The molecule has 2 nitrogen and oxygen atoms in total. The zero-order chi connectivity index (χ0) is 15.1. The first-order valence-electron chi connectivity index (χ1n) is 6.36. The Hall–Kier alpha value is -1.35. The molecule has 3 aromatic rings. The third kappa shape index (κ3) is 2.59. The third-order valence-electron chi connectivity index (χ3n) is 3.40. The molecular weight excluding hydrogens is 327 g/mol. The molecule has 21 heavy (non-hydrogen) atoms. The second-order valence-corrected chi connectivity index (χ2v) is 6.09. The maximum absolute atomic E-state index is 6.31. The zero-order valence-electron chi connectivity index (χ0n) is 11.4. The fraction of sp³-hybridized carbons (Fsp3) is 0.125. The van der Waals surface area contributed by atoms with Crippen LogP contribution < -0.4 is 0 Å². The van der Waals surface area contributed by atoms with Crippen LogP contribution in [0.1, 0.15) is 11.1 Å². The van der Waals surface area contributed by atoms with E-state index in [1.54, 1.807) is 6.07 Å². The van der Waals surface area contributed by atoms with Crippen LogP contribution in [0.2, 0.25) is 15.2 Å². The average Bonchev–Trinajstić information content (AvgIpc) is 2.45. The molecule has 0 aliphatic carbocycles. The molecule has 0 aliphatic heterocycles. The molecule has 0 amide bonds. The number of hydrogen-bond acceptors (Lipinski definition) is 2. The summed E-state index contributed by atoms with van der Waals surface area (Å²) in [6, 6.07) is 9.34. The van der Waals surface area contributed by atoms with E-state index in [4.69, 9.17) is 34.8 Å². The van der Waals surface area contributed by atoms with Crippen LogP contribution in [-0.2, 0) is 0 Å². The van der Waals surface area contributed by atoms with Crippen LogP contribution in [0.5, 0.6) is 0 Å². The van der Waals surface area contributed by atoms with Crippen LogP contribution in [0.3, 0.4) is 0 Å². The number of benzene rings is 2. The Morgan fingerprint density at radius 2 is 1.57 bits per heavy atom. The second kappa shape index (κ2) is 5.45. The van der Waals surface area contributed by atoms with Gasteiger partial charge in [0.15, 0.2) is 5.82 Å². The molecule has 0 atom stereocenters. The van der Waals surface area contributed by atoms with Gasteiger partial charge in [-0.3, -0.25) is 0 Å². The number of nitrogens with zero attached hydrogens (tertiary/aromatic N) is 2. The van der Waals surface area contributed by atoms with E-state index in [1.807, 2.05) is 38.1 Å². The largest absolute Gasteiger partial charge is 0.228 e. The van der Waals surface area contributed by atoms with Gasteiger partial charge < -0.3 is 0 Å². The summed E-state index contributed by atoms with van der Waals surface area (Å²) >= 11 is 18.6. The van der Waals surface area contributed by atoms with Gasteiger partial charge >= 0.3 is 0 Å². The van der Waals surface area contributed by atoms with Crippen molar-refractivity contribution < 1.29 is 0 Å². The number of aromatic nitrogens is 2. The summed E-state index contributed by atoms with van der Waals surface area (Å²) < 4.78 is 0. The number of hydrogen-bond donors (Lipinski definition) is 0. The van der Waals surface area contributed by atoms with Gasteiger partial charge in [-0.15, -0.1) is 0 Å². The Bertz CT molecular complexity index is 860. The topological polar surface area (TPSA) is 25.8 Å². The molecule has 0 spiro atoms. The van der Waals surface area contributed by atoms with Crippen molar-refractivity contribution in [3.8, 4) is 11.4 Å². The van der Waals surface area contributed by atoms with Crippen molar-refractivity contribution >= 4 is 45.7 Å². The molecule has 0 unspecified atom stereocenters. The summed E-state index contributed by atoms with van der Waals surface area (Å²) in [4.78, 5) is 9.02. The van der Waals surface area contributed by atoms with E-state index in [1.165, 1.54) is 0 Å². The predicted octanol–water partition coefficient (Wildman–Crippen LogP) is 5.87. The molecule has 0 N–H and O–H groups in total. The molecule has 1 heterocycles. The first-order chi connectivity index (χ1) is 9.97. The maximum Gasteiger partial charge on any atom is 0.161 e. The van der Waals surface area contributed by atoms with Gasteiger partial charge in [0, 0.05) is 10.6 Å². The quantitative estimate of drug-likeness (QED) is 0.519. The molecule has 2 aromatic carbocycles. The van der Waals surface area contributed by atoms with Gasteiger partial charge in [0.2, 0.25) is 0 Å². The van der Waals surface area contributed by atoms with Gasteiger partial charge in [0.25, 0.3) is 0 Å². The van der Waals surface area contributed by atoms with Gasteiger partial charge in [-0.05, 0) is 43.2 Å². The fourth-order valence-corrected chi connectivity index (χ4v) is 2.98. The lowest BCUT2D eigenvalue weighted by molar-refractivity contribution is 1.20. The highest BCUT2D eigenvalue weighted by Crippen LogP contribution is 2.33. The molecule has 0 saturated carbocycles. The summed E-state index contributed by atoms with van der Waals surface area (Å²) in [6.07, 6.45) is 0. The van der Waals surface area contributed by atoms with Crippen molar-refractivity contribution in [2.24, 2.45) is 0 Å². The number of aryl methyl sites for hydroxylation is 2. The number of halogens is 3. The van der Waals surface area contributed by atoms with Crippen molar-refractivity contribution in [1.82, 2.24) is 9.97 Å². The van der Waals surface area contributed by atoms with Gasteiger partial charge in [-0.25, -0.2) is 9.97 Å². The van der Waals surface area contributed by atoms with E-state index in [0.29, 0.717) is 26.4 Å². The van der Waals surface area contributed by atoms with Gasteiger partial charge in [0.05, 0.1) is 15.9 Å². The van der Waals surface area contributed by atoms with Crippen molar-refractivity contribution in [2.45, 2.75) is 13.8 Å². The lowest BCUT2D eigenvalue weighted by Crippen LogP contribution is -1.96. The molecule has 0 aliphatic rings. The normalized spacial score (nSPS) is 11.1. The first kappa shape index (κ1) is 14.6. The minimum absolute atomic E-state index is 0.350. The van der Waals surface area contributed by atoms with E-state index in [-0.39, 0.29) is 0 Å². The predicted molar refractivity (Wildman–Crippen MR) is 89.5 cm³/mol. The Balaban J connectivity index is 2.35. The standard InChI is InChI=1S/C16H11Cl3N2/c1-8-3-5-10(17)7-11(8)16-20-14-9(2)4-6-12(18)13(14)15(19)21-16/h3-7H,1-2H3. The Morgan fingerprint density at radius 1 is 0.857 bits per heavy atom. The summed E-state index contributed by atoms with van der Waals surface area (Å²) in [5, 5.41) is 2.22. The van der Waals surface area contributed by atoms with Crippen molar-refractivity contribution in [2.75, 3.05) is 0 Å². The molecule has 5 heteroatoms. The molecule has 0 saturated heterocycles. The SMILES string of the molecule is Cc1ccc(Cl)cc1-c1nc(Cl)c2c(Cl)ccc(C)c2n1. The third-order valence-corrected chi connectivity index (χ3v) is 4.22. The highest BCUT2D eigenvalue weighted by atomic mass is 35.5. The van der Waals surface area contributed by atoms with Crippen LogP contribution in [0.25, 0.3) is 22.3 Å². The molecule has 3 rings (SSSR count). The van der Waals surface area contributed by atoms with Crippen LogP contribution in [0.15, 0.2) is 30.3 Å². The lowest BCUT2D eigenvalue weighted by atomic mass is 10.1. The van der Waals surface area contributed by atoms with Gasteiger partial charge in [0.1, 0.15) is 5.15 Å². The van der Waals surface area contributed by atoms with E-state index in [9.17, 15) is 0 Å². The Kier molecular flexibility index (Phi) is 3.78. The van der Waals surface area contributed by atoms with Gasteiger partial charge in [-0.1, -0.05) is 46.9 Å². The molecule has 1 aromatic heterocycles. The fourth-order valence-electron chi connectivity index (χ4n) is 2.25. The molecule has 0 fully saturated rings. The smallest absolute Gasteiger partial charge is 0.161 e. The number of fused-ring (bicyclic) bond motifs is 1. The van der Waals surface area contributed by atoms with Crippen molar-refractivity contribution in [3.05, 3.63) is 56.7 Å². The Labute approximate surface area is 137 Å². The summed E-state index contributed by atoms with van der Waals surface area (Å²) in [6.45, 7) is 3.95. The second-order valence-electron chi connectivity index (χ2n) is 4.89. The van der Waals surface area contributed by atoms with Crippen LogP contribution >= 0.6 is 34.8 Å². The maximum atomic E-state index is 6.31. The van der Waals surface area contributed by atoms with Gasteiger partial charge in [-0.2, -0.15) is 0 Å². The highest BCUT2D eigenvalue weighted by Gasteiger charge is 2.14. The molecule has 0 radical (unpaired) electrons. The van der Waals surface area contributed by atoms with E-state index >= 15 is 0 Å². The van der Waals surface area contributed by atoms with Crippen LogP contribution in [0, 0.1) is 13.8 Å². The van der Waals surface area contributed by atoms with E-state index < -0.39 is 0 Å². The molecular formula is C16H11Cl3N2. The summed E-state index contributed by atoms with van der Waals surface area (Å²) in [5.41, 5.74) is 3.66. The van der Waals surface area contributed by atoms with Crippen molar-refractivity contribution in [3.63, 3.8) is 0 Å². The molecule has 0 bridgehead atoms. The summed E-state index contributed by atoms with van der Waals surface area (Å²) in [5.74, 6) is 0.554. The number of rotatable bonds is 1. The zero-order valence-corrected chi connectivity index (χ0v) is 13.7. The van der Waals surface area contributed by atoms with Crippen molar-refractivity contribution in [1.29, 1.82) is 0 Å². The van der Waals surface area contributed by atoms with Crippen LogP contribution in [0.4, 0.5) is 0 Å². The van der Waals surface area contributed by atoms with E-state index in [0.717, 1.165) is 22.2 Å².